The Labute approximate surface area is 172 Å². The molecular formula is C22H21F2N5O. The van der Waals surface area contributed by atoms with Crippen LogP contribution in [0.1, 0.15) is 30.1 Å². The lowest BCUT2D eigenvalue weighted by Gasteiger charge is -2.19. The number of imidazole rings is 2. The highest BCUT2D eigenvalue weighted by atomic mass is 19.1. The van der Waals surface area contributed by atoms with Crippen molar-refractivity contribution < 1.29 is 13.5 Å². The number of pyridine rings is 1. The molecule has 0 amide bonds. The molecule has 8 heteroatoms. The number of rotatable bonds is 4. The third kappa shape index (κ3) is 3.54. The van der Waals surface area contributed by atoms with Crippen LogP contribution in [0.25, 0.3) is 11.3 Å². The first kappa shape index (κ1) is 18.7. The highest BCUT2D eigenvalue weighted by molar-refractivity contribution is 5.74. The number of hydrogen-bond donors (Lipinski definition) is 1. The number of anilines is 2. The molecule has 4 aromatic rings. The first-order valence-corrected chi connectivity index (χ1v) is 9.90. The molecule has 1 aromatic carbocycles. The molecule has 3 aromatic heterocycles. The van der Waals surface area contributed by atoms with Gasteiger partial charge in [-0.15, -0.1) is 0 Å². The average Bonchev–Trinajstić information content (AvgIpc) is 3.35. The zero-order valence-electron chi connectivity index (χ0n) is 16.5. The number of aryl methyl sites for hydroxylation is 1. The number of hydrogen-bond acceptors (Lipinski definition) is 4. The summed E-state index contributed by atoms with van der Waals surface area (Å²) in [5.74, 6) is -0.507. The number of benzene rings is 1. The van der Waals surface area contributed by atoms with Crippen LogP contribution < -0.4 is 5.32 Å². The summed E-state index contributed by atoms with van der Waals surface area (Å²) < 4.78 is 37.7. The molecule has 6 nitrogen and oxygen atoms in total. The van der Waals surface area contributed by atoms with Crippen LogP contribution in [0.4, 0.5) is 20.2 Å². The lowest BCUT2D eigenvalue weighted by molar-refractivity contribution is 0.0846. The summed E-state index contributed by atoms with van der Waals surface area (Å²) in [6.07, 6.45) is 8.39. The number of halogens is 2. The van der Waals surface area contributed by atoms with Crippen molar-refractivity contribution in [3.63, 3.8) is 0 Å². The van der Waals surface area contributed by atoms with Crippen molar-refractivity contribution in [2.24, 2.45) is 0 Å². The second-order valence-corrected chi connectivity index (χ2v) is 7.57. The van der Waals surface area contributed by atoms with E-state index in [1.807, 2.05) is 13.1 Å². The largest absolute Gasteiger partial charge is 0.381 e. The molecular weight excluding hydrogens is 388 g/mol. The normalized spacial score (nSPS) is 15.0. The van der Waals surface area contributed by atoms with Crippen molar-refractivity contribution in [3.05, 3.63) is 72.2 Å². The third-order valence-corrected chi connectivity index (χ3v) is 5.39. The summed E-state index contributed by atoms with van der Waals surface area (Å²) >= 11 is 0. The average molecular weight is 409 g/mol. The summed E-state index contributed by atoms with van der Waals surface area (Å²) in [5, 5.41) is 3.12. The Morgan fingerprint density at radius 3 is 2.67 bits per heavy atom. The van der Waals surface area contributed by atoms with Crippen molar-refractivity contribution in [2.45, 2.75) is 25.7 Å². The van der Waals surface area contributed by atoms with Crippen LogP contribution in [0.15, 0.2) is 49.2 Å². The molecule has 154 valence electrons. The van der Waals surface area contributed by atoms with Crippen LogP contribution in [0.5, 0.6) is 0 Å². The number of nitrogens with zero attached hydrogens (tertiary/aromatic N) is 4. The van der Waals surface area contributed by atoms with E-state index in [4.69, 9.17) is 9.72 Å². The van der Waals surface area contributed by atoms with Gasteiger partial charge in [0.05, 0.1) is 29.1 Å². The van der Waals surface area contributed by atoms with Gasteiger partial charge in [0.1, 0.15) is 11.6 Å². The fourth-order valence-electron chi connectivity index (χ4n) is 3.87. The fraction of sp³-hybridized carbons (Fsp3) is 0.273. The van der Waals surface area contributed by atoms with Gasteiger partial charge in [0, 0.05) is 49.5 Å². The summed E-state index contributed by atoms with van der Waals surface area (Å²) in [6.45, 7) is 3.26. The van der Waals surface area contributed by atoms with Gasteiger partial charge in [-0.25, -0.2) is 18.7 Å². The van der Waals surface area contributed by atoms with Crippen LogP contribution in [-0.4, -0.2) is 32.1 Å². The van der Waals surface area contributed by atoms with Gasteiger partial charge in [-0.05, 0) is 38.0 Å². The van der Waals surface area contributed by atoms with Crippen molar-refractivity contribution in [3.8, 4) is 5.69 Å². The van der Waals surface area contributed by atoms with Crippen LogP contribution in [0.3, 0.4) is 0 Å². The molecule has 1 saturated heterocycles. The molecule has 0 atom stereocenters. The van der Waals surface area contributed by atoms with Gasteiger partial charge in [-0.1, -0.05) is 0 Å². The van der Waals surface area contributed by atoms with Gasteiger partial charge < -0.3 is 19.0 Å². The monoisotopic (exact) mass is 409 g/mol. The van der Waals surface area contributed by atoms with Gasteiger partial charge in [0.15, 0.2) is 5.65 Å². The van der Waals surface area contributed by atoms with Crippen molar-refractivity contribution >= 4 is 17.0 Å². The van der Waals surface area contributed by atoms with Crippen LogP contribution in [-0.2, 0) is 4.74 Å². The quantitative estimate of drug-likeness (QED) is 0.529. The molecule has 0 saturated carbocycles. The Morgan fingerprint density at radius 1 is 1.10 bits per heavy atom. The first-order chi connectivity index (χ1) is 14.6. The molecule has 0 bridgehead atoms. The van der Waals surface area contributed by atoms with Crippen molar-refractivity contribution in [2.75, 3.05) is 18.5 Å². The Morgan fingerprint density at radius 2 is 1.93 bits per heavy atom. The Bertz CT molecular complexity index is 1210. The van der Waals surface area contributed by atoms with E-state index < -0.39 is 11.6 Å². The van der Waals surface area contributed by atoms with Crippen molar-refractivity contribution in [1.29, 1.82) is 0 Å². The molecule has 0 aliphatic carbocycles. The maximum absolute atomic E-state index is 14.7. The van der Waals surface area contributed by atoms with Crippen molar-refractivity contribution in [1.82, 2.24) is 18.9 Å². The fourth-order valence-corrected chi connectivity index (χ4v) is 3.87. The van der Waals surface area contributed by atoms with Gasteiger partial charge >= 0.3 is 0 Å². The van der Waals surface area contributed by atoms with E-state index in [0.29, 0.717) is 41.8 Å². The molecule has 30 heavy (non-hydrogen) atoms. The smallest absolute Gasteiger partial charge is 0.161 e. The molecule has 0 radical (unpaired) electrons. The number of ether oxygens (including phenoxy) is 1. The standard InChI is InChI=1S/C22H21F2N5O/c1-14-10-29(13-25-14)21-3-2-17(9-18(21)24)26-19-8-16(23)11-28-12-20(27-22(19)28)15-4-6-30-7-5-15/h2-3,8-13,15,26H,4-7H2,1H3. The summed E-state index contributed by atoms with van der Waals surface area (Å²) in [6, 6.07) is 6.17. The molecule has 1 aliphatic heterocycles. The topological polar surface area (TPSA) is 56.4 Å². The van der Waals surface area contributed by atoms with Gasteiger partial charge in [-0.3, -0.25) is 0 Å². The van der Waals surface area contributed by atoms with Gasteiger partial charge in [-0.2, -0.15) is 0 Å². The second kappa shape index (κ2) is 7.53. The minimum Gasteiger partial charge on any atom is -0.381 e. The molecule has 0 unspecified atom stereocenters. The minimum absolute atomic E-state index is 0.296. The lowest BCUT2D eigenvalue weighted by atomic mass is 9.97. The first-order valence-electron chi connectivity index (χ1n) is 9.90. The molecule has 1 N–H and O–H groups in total. The minimum atomic E-state index is -0.406. The zero-order valence-corrected chi connectivity index (χ0v) is 16.5. The van der Waals surface area contributed by atoms with E-state index in [1.165, 1.54) is 18.3 Å². The van der Waals surface area contributed by atoms with Crippen LogP contribution in [0.2, 0.25) is 0 Å². The predicted molar refractivity (Wildman–Crippen MR) is 109 cm³/mol. The van der Waals surface area contributed by atoms with E-state index in [9.17, 15) is 8.78 Å². The number of nitrogens with one attached hydrogen (secondary N) is 1. The number of aromatic nitrogens is 4. The van der Waals surface area contributed by atoms with E-state index in [1.54, 1.807) is 33.6 Å². The Kier molecular flexibility index (Phi) is 4.71. The summed E-state index contributed by atoms with van der Waals surface area (Å²) in [5.41, 5.74) is 3.72. The van der Waals surface area contributed by atoms with Gasteiger partial charge in [0.2, 0.25) is 0 Å². The van der Waals surface area contributed by atoms with E-state index in [0.717, 1.165) is 24.2 Å². The summed E-state index contributed by atoms with van der Waals surface area (Å²) in [4.78, 5) is 8.87. The van der Waals surface area contributed by atoms with E-state index in [2.05, 4.69) is 10.3 Å². The number of fused-ring (bicyclic) bond motifs is 1. The maximum Gasteiger partial charge on any atom is 0.161 e. The maximum atomic E-state index is 14.7. The molecule has 0 spiro atoms. The SMILES string of the molecule is Cc1cn(-c2ccc(Nc3cc(F)cn4cc(C5CCOCC5)nc34)cc2F)cn1. The lowest BCUT2D eigenvalue weighted by Crippen LogP contribution is -2.14. The molecule has 5 rings (SSSR count). The third-order valence-electron chi connectivity index (χ3n) is 5.39. The highest BCUT2D eigenvalue weighted by Crippen LogP contribution is 2.30. The zero-order chi connectivity index (χ0) is 20.7. The summed E-state index contributed by atoms with van der Waals surface area (Å²) in [7, 11) is 0. The van der Waals surface area contributed by atoms with Crippen LogP contribution >= 0.6 is 0 Å². The van der Waals surface area contributed by atoms with E-state index in [-0.39, 0.29) is 0 Å². The predicted octanol–water partition coefficient (Wildman–Crippen LogP) is 4.74. The Hall–Kier alpha value is -3.26. The Balaban J connectivity index is 1.47. The highest BCUT2D eigenvalue weighted by Gasteiger charge is 2.20. The molecule has 1 fully saturated rings. The molecule has 4 heterocycles. The van der Waals surface area contributed by atoms with Crippen LogP contribution in [0, 0.1) is 18.6 Å². The second-order valence-electron chi connectivity index (χ2n) is 7.57. The van der Waals surface area contributed by atoms with Gasteiger partial charge in [0.25, 0.3) is 0 Å². The molecule has 1 aliphatic rings. The van der Waals surface area contributed by atoms with E-state index >= 15 is 0 Å².